The van der Waals surface area contributed by atoms with Crippen LogP contribution in [0.4, 0.5) is 5.82 Å². The van der Waals surface area contributed by atoms with Crippen molar-refractivity contribution >= 4 is 11.7 Å². The summed E-state index contributed by atoms with van der Waals surface area (Å²) in [5.74, 6) is 0.839. The van der Waals surface area contributed by atoms with Crippen LogP contribution in [0.2, 0.25) is 0 Å². The topological polar surface area (TPSA) is 78.9 Å². The van der Waals surface area contributed by atoms with Crippen LogP contribution in [0.5, 0.6) is 0 Å². The highest BCUT2D eigenvalue weighted by molar-refractivity contribution is 6.01. The van der Waals surface area contributed by atoms with Crippen LogP contribution in [-0.2, 0) is 12.8 Å². The molecule has 0 saturated heterocycles. The molecule has 0 aromatic carbocycles. The predicted octanol–water partition coefficient (Wildman–Crippen LogP) is 2.51. The lowest BCUT2D eigenvalue weighted by Crippen LogP contribution is -2.35. The van der Waals surface area contributed by atoms with Crippen LogP contribution in [0.3, 0.4) is 0 Å². The Morgan fingerprint density at radius 3 is 2.25 bits per heavy atom. The Labute approximate surface area is 122 Å². The Balaban J connectivity index is 3.49. The molecule has 0 amide bonds. The zero-order chi connectivity index (χ0) is 15.3. The average Bonchev–Trinajstić information content (AvgIpc) is 2.42. The molecular weight excluding hydrogens is 250 g/mol. The molecule has 1 heterocycles. The maximum Gasteiger partial charge on any atom is 0.162 e. The first-order valence-electron chi connectivity index (χ1n) is 7.47. The van der Waals surface area contributed by atoms with Crippen molar-refractivity contribution in [1.29, 1.82) is 5.41 Å². The van der Waals surface area contributed by atoms with Crippen LogP contribution in [0.25, 0.3) is 0 Å². The van der Waals surface area contributed by atoms with E-state index in [1.54, 1.807) is 0 Å². The van der Waals surface area contributed by atoms with E-state index in [1.807, 2.05) is 0 Å². The molecule has 0 fully saturated rings. The minimum atomic E-state index is 0.0863. The second-order valence-corrected chi connectivity index (χ2v) is 5.23. The molecule has 1 aromatic rings. The van der Waals surface area contributed by atoms with Gasteiger partial charge in [0.05, 0.1) is 11.3 Å². The molecule has 0 saturated carbocycles. The van der Waals surface area contributed by atoms with Crippen molar-refractivity contribution in [3.05, 3.63) is 16.8 Å². The van der Waals surface area contributed by atoms with E-state index in [2.05, 4.69) is 49.7 Å². The highest BCUT2D eigenvalue weighted by Crippen LogP contribution is 2.25. The lowest BCUT2D eigenvalue weighted by molar-refractivity contribution is 0.652. The quantitative estimate of drug-likeness (QED) is 0.593. The SMILES string of the molecule is CCCN(c1nnc(CC)c(CC)c1C(=N)N)C(C)C. The number of nitrogens with one attached hydrogen (secondary N) is 1. The molecule has 0 unspecified atom stereocenters. The average molecular weight is 277 g/mol. The molecule has 112 valence electrons. The summed E-state index contributed by atoms with van der Waals surface area (Å²) >= 11 is 0. The maximum atomic E-state index is 7.94. The van der Waals surface area contributed by atoms with Crippen molar-refractivity contribution in [3.63, 3.8) is 0 Å². The lowest BCUT2D eigenvalue weighted by Gasteiger charge is -2.29. The maximum absolute atomic E-state index is 7.94. The van der Waals surface area contributed by atoms with Gasteiger partial charge in [-0.25, -0.2) is 0 Å². The standard InChI is InChI=1S/C15H27N5/c1-6-9-20(10(4)5)15-13(14(16)17)11(7-2)12(8-3)18-19-15/h10H,6-9H2,1-5H3,(H3,16,17). The largest absolute Gasteiger partial charge is 0.384 e. The molecule has 0 spiro atoms. The van der Waals surface area contributed by atoms with E-state index < -0.39 is 0 Å². The van der Waals surface area contributed by atoms with Gasteiger partial charge in [0, 0.05) is 12.6 Å². The van der Waals surface area contributed by atoms with E-state index in [0.717, 1.165) is 48.4 Å². The summed E-state index contributed by atoms with van der Waals surface area (Å²) < 4.78 is 0. The Morgan fingerprint density at radius 2 is 1.85 bits per heavy atom. The molecule has 0 radical (unpaired) electrons. The van der Waals surface area contributed by atoms with Gasteiger partial charge in [-0.15, -0.1) is 5.10 Å². The minimum absolute atomic E-state index is 0.0863. The highest BCUT2D eigenvalue weighted by Gasteiger charge is 2.22. The number of nitrogens with zero attached hydrogens (tertiary/aromatic N) is 3. The second-order valence-electron chi connectivity index (χ2n) is 5.23. The molecule has 20 heavy (non-hydrogen) atoms. The molecule has 0 atom stereocenters. The van der Waals surface area contributed by atoms with Crippen molar-refractivity contribution in [2.75, 3.05) is 11.4 Å². The fourth-order valence-corrected chi connectivity index (χ4v) is 2.50. The van der Waals surface area contributed by atoms with Gasteiger partial charge in [-0.2, -0.15) is 5.10 Å². The third-order valence-corrected chi connectivity index (χ3v) is 3.46. The summed E-state index contributed by atoms with van der Waals surface area (Å²) in [5.41, 5.74) is 8.61. The number of aryl methyl sites for hydroxylation is 1. The smallest absolute Gasteiger partial charge is 0.162 e. The van der Waals surface area contributed by atoms with Crippen molar-refractivity contribution in [3.8, 4) is 0 Å². The van der Waals surface area contributed by atoms with Crippen LogP contribution in [0.1, 0.15) is 57.9 Å². The van der Waals surface area contributed by atoms with Gasteiger partial charge in [0.2, 0.25) is 0 Å². The fraction of sp³-hybridized carbons (Fsp3) is 0.667. The van der Waals surface area contributed by atoms with Gasteiger partial charge in [0.15, 0.2) is 5.82 Å². The van der Waals surface area contributed by atoms with E-state index in [0.29, 0.717) is 6.04 Å². The summed E-state index contributed by atoms with van der Waals surface area (Å²) in [6, 6.07) is 0.305. The number of hydrogen-bond donors (Lipinski definition) is 2. The summed E-state index contributed by atoms with van der Waals surface area (Å²) in [6.45, 7) is 11.4. The van der Waals surface area contributed by atoms with Crippen molar-refractivity contribution < 1.29 is 0 Å². The molecule has 5 nitrogen and oxygen atoms in total. The minimum Gasteiger partial charge on any atom is -0.384 e. The number of rotatable bonds is 7. The summed E-state index contributed by atoms with van der Waals surface area (Å²) in [5, 5.41) is 16.7. The summed E-state index contributed by atoms with van der Waals surface area (Å²) in [6.07, 6.45) is 2.65. The number of amidine groups is 1. The van der Waals surface area contributed by atoms with Gasteiger partial charge >= 0.3 is 0 Å². The predicted molar refractivity (Wildman–Crippen MR) is 84.6 cm³/mol. The number of hydrogen-bond acceptors (Lipinski definition) is 4. The summed E-state index contributed by atoms with van der Waals surface area (Å²) in [7, 11) is 0. The molecule has 0 aliphatic heterocycles. The molecule has 1 rings (SSSR count). The van der Waals surface area contributed by atoms with E-state index in [4.69, 9.17) is 11.1 Å². The first-order chi connectivity index (χ1) is 9.47. The number of aromatic nitrogens is 2. The van der Waals surface area contributed by atoms with Crippen LogP contribution >= 0.6 is 0 Å². The van der Waals surface area contributed by atoms with Crippen molar-refractivity contribution in [1.82, 2.24) is 10.2 Å². The van der Waals surface area contributed by atoms with Gasteiger partial charge < -0.3 is 10.6 Å². The third kappa shape index (κ3) is 3.26. The van der Waals surface area contributed by atoms with Crippen molar-refractivity contribution in [2.24, 2.45) is 5.73 Å². The Hall–Kier alpha value is -1.65. The molecule has 0 bridgehead atoms. The molecular formula is C15H27N5. The van der Waals surface area contributed by atoms with Crippen LogP contribution in [0.15, 0.2) is 0 Å². The Kier molecular flexibility index (Phi) is 5.92. The van der Waals surface area contributed by atoms with Gasteiger partial charge in [-0.1, -0.05) is 20.8 Å². The first-order valence-corrected chi connectivity index (χ1v) is 7.47. The zero-order valence-electron chi connectivity index (χ0n) is 13.3. The number of nitrogen functional groups attached to an aromatic ring is 1. The number of nitrogens with two attached hydrogens (primary N) is 1. The van der Waals surface area contributed by atoms with E-state index in [-0.39, 0.29) is 5.84 Å². The van der Waals surface area contributed by atoms with E-state index in [9.17, 15) is 0 Å². The highest BCUT2D eigenvalue weighted by atomic mass is 15.3. The van der Waals surface area contributed by atoms with Gasteiger partial charge in [-0.3, -0.25) is 5.41 Å². The van der Waals surface area contributed by atoms with Gasteiger partial charge in [0.1, 0.15) is 5.84 Å². The first kappa shape index (κ1) is 16.4. The van der Waals surface area contributed by atoms with E-state index >= 15 is 0 Å². The van der Waals surface area contributed by atoms with Gasteiger partial charge in [0.25, 0.3) is 0 Å². The normalized spacial score (nSPS) is 10.9. The van der Waals surface area contributed by atoms with Crippen LogP contribution in [0, 0.1) is 5.41 Å². The molecule has 5 heteroatoms. The Morgan fingerprint density at radius 1 is 1.20 bits per heavy atom. The molecule has 1 aromatic heterocycles. The lowest BCUT2D eigenvalue weighted by atomic mass is 10.0. The Bertz CT molecular complexity index is 468. The van der Waals surface area contributed by atoms with Crippen LogP contribution in [-0.4, -0.2) is 28.6 Å². The molecule has 3 N–H and O–H groups in total. The zero-order valence-corrected chi connectivity index (χ0v) is 13.3. The molecule has 0 aliphatic rings. The van der Waals surface area contributed by atoms with E-state index in [1.165, 1.54) is 0 Å². The van der Waals surface area contributed by atoms with Gasteiger partial charge in [-0.05, 0) is 38.7 Å². The monoisotopic (exact) mass is 277 g/mol. The fourth-order valence-electron chi connectivity index (χ4n) is 2.50. The second kappa shape index (κ2) is 7.22. The number of anilines is 1. The van der Waals surface area contributed by atoms with Crippen LogP contribution < -0.4 is 10.6 Å². The molecule has 0 aliphatic carbocycles. The summed E-state index contributed by atoms with van der Waals surface area (Å²) in [4.78, 5) is 2.18. The van der Waals surface area contributed by atoms with Crippen molar-refractivity contribution in [2.45, 2.75) is 59.9 Å². The third-order valence-electron chi connectivity index (χ3n) is 3.46.